The zero-order chi connectivity index (χ0) is 22.0. The van der Waals surface area contributed by atoms with Crippen LogP contribution in [0.2, 0.25) is 0 Å². The third-order valence-corrected chi connectivity index (χ3v) is 5.78. The zero-order valence-electron chi connectivity index (χ0n) is 16.6. The van der Waals surface area contributed by atoms with E-state index < -0.39 is 5.95 Å². The van der Waals surface area contributed by atoms with Gasteiger partial charge in [-0.3, -0.25) is 4.98 Å². The Bertz CT molecular complexity index is 1230. The standard InChI is InChI=1S/C22H17Br2FN4O2/c1-12-7-16(23)17(26-9-12)11-31-14-4-5-15(18(8-14)30-2)20-21(24)29-22(28-20)13-3-6-19(25)27-10-13/h3-10H,11H2,1-2H3,(H,28,29). The lowest BCUT2D eigenvalue weighted by atomic mass is 10.1. The molecule has 4 aromatic rings. The van der Waals surface area contributed by atoms with Crippen LogP contribution in [0.25, 0.3) is 22.6 Å². The maximum absolute atomic E-state index is 13.1. The van der Waals surface area contributed by atoms with E-state index in [1.165, 1.54) is 12.3 Å². The Labute approximate surface area is 195 Å². The zero-order valence-corrected chi connectivity index (χ0v) is 19.8. The molecular weight excluding hydrogens is 531 g/mol. The third-order valence-electron chi connectivity index (χ3n) is 4.52. The monoisotopic (exact) mass is 546 g/mol. The number of ether oxygens (including phenoxy) is 2. The maximum atomic E-state index is 13.1. The lowest BCUT2D eigenvalue weighted by molar-refractivity contribution is 0.298. The fourth-order valence-electron chi connectivity index (χ4n) is 2.96. The fourth-order valence-corrected chi connectivity index (χ4v) is 4.03. The number of aryl methyl sites for hydroxylation is 1. The number of H-pyrrole nitrogens is 1. The van der Waals surface area contributed by atoms with Gasteiger partial charge in [-0.05, 0) is 74.7 Å². The minimum atomic E-state index is -0.542. The van der Waals surface area contributed by atoms with Gasteiger partial charge in [-0.2, -0.15) is 4.39 Å². The molecule has 0 aliphatic heterocycles. The number of hydrogen-bond donors (Lipinski definition) is 1. The molecule has 4 rings (SSSR count). The summed E-state index contributed by atoms with van der Waals surface area (Å²) in [6.07, 6.45) is 3.23. The summed E-state index contributed by atoms with van der Waals surface area (Å²) in [6, 6.07) is 10.4. The summed E-state index contributed by atoms with van der Waals surface area (Å²) in [4.78, 5) is 15.8. The van der Waals surface area contributed by atoms with E-state index in [1.807, 2.05) is 25.1 Å². The summed E-state index contributed by atoms with van der Waals surface area (Å²) in [7, 11) is 1.59. The van der Waals surface area contributed by atoms with Crippen molar-refractivity contribution in [1.29, 1.82) is 0 Å². The van der Waals surface area contributed by atoms with Crippen LogP contribution in [0.3, 0.4) is 0 Å². The Morgan fingerprint density at radius 2 is 1.90 bits per heavy atom. The minimum Gasteiger partial charge on any atom is -0.496 e. The second-order valence-electron chi connectivity index (χ2n) is 6.71. The third kappa shape index (κ3) is 4.77. The highest BCUT2D eigenvalue weighted by molar-refractivity contribution is 9.10. The van der Waals surface area contributed by atoms with Gasteiger partial charge in [-0.15, -0.1) is 0 Å². The number of halogens is 3. The van der Waals surface area contributed by atoms with Crippen LogP contribution in [0.4, 0.5) is 4.39 Å². The van der Waals surface area contributed by atoms with Gasteiger partial charge in [0.25, 0.3) is 0 Å². The highest BCUT2D eigenvalue weighted by Gasteiger charge is 2.17. The molecule has 31 heavy (non-hydrogen) atoms. The normalized spacial score (nSPS) is 10.9. The van der Waals surface area contributed by atoms with Gasteiger partial charge in [0.15, 0.2) is 0 Å². The van der Waals surface area contributed by atoms with Crippen molar-refractivity contribution >= 4 is 31.9 Å². The van der Waals surface area contributed by atoms with Crippen molar-refractivity contribution in [2.75, 3.05) is 7.11 Å². The van der Waals surface area contributed by atoms with E-state index in [9.17, 15) is 4.39 Å². The molecule has 0 saturated carbocycles. The Hall–Kier alpha value is -2.78. The van der Waals surface area contributed by atoms with Crippen molar-refractivity contribution < 1.29 is 13.9 Å². The molecule has 3 heterocycles. The number of nitrogens with one attached hydrogen (secondary N) is 1. The lowest BCUT2D eigenvalue weighted by Gasteiger charge is -2.11. The molecule has 3 aromatic heterocycles. The number of aromatic amines is 1. The molecule has 0 bridgehead atoms. The number of rotatable bonds is 6. The predicted octanol–water partition coefficient (Wildman–Crippen LogP) is 6.09. The van der Waals surface area contributed by atoms with Gasteiger partial charge in [0, 0.05) is 34.1 Å². The van der Waals surface area contributed by atoms with Gasteiger partial charge in [0.1, 0.15) is 34.2 Å². The number of pyridine rings is 2. The molecule has 6 nitrogen and oxygen atoms in total. The molecule has 0 amide bonds. The van der Waals surface area contributed by atoms with Crippen LogP contribution in [0.15, 0.2) is 57.9 Å². The lowest BCUT2D eigenvalue weighted by Crippen LogP contribution is -2.00. The maximum Gasteiger partial charge on any atom is 0.212 e. The number of aromatic nitrogens is 4. The highest BCUT2D eigenvalue weighted by atomic mass is 79.9. The van der Waals surface area contributed by atoms with Crippen molar-refractivity contribution in [2.45, 2.75) is 13.5 Å². The Morgan fingerprint density at radius 1 is 1.06 bits per heavy atom. The van der Waals surface area contributed by atoms with Crippen molar-refractivity contribution in [2.24, 2.45) is 0 Å². The SMILES string of the molecule is COc1cc(OCc2ncc(C)cc2Br)ccc1-c1nc(-c2ccc(F)nc2)[nH]c1Br. The molecule has 0 fully saturated rings. The number of methoxy groups -OCH3 is 1. The molecule has 9 heteroatoms. The molecule has 0 radical (unpaired) electrons. The molecular formula is C22H17Br2FN4O2. The first-order chi connectivity index (χ1) is 14.9. The van der Waals surface area contributed by atoms with Crippen LogP contribution in [-0.2, 0) is 6.61 Å². The molecule has 0 aliphatic carbocycles. The van der Waals surface area contributed by atoms with Crippen LogP contribution in [0.1, 0.15) is 11.3 Å². The number of imidazole rings is 1. The van der Waals surface area contributed by atoms with Crippen molar-refractivity contribution in [1.82, 2.24) is 19.9 Å². The van der Waals surface area contributed by atoms with Crippen LogP contribution in [-0.4, -0.2) is 27.0 Å². The van der Waals surface area contributed by atoms with Gasteiger partial charge in [0.2, 0.25) is 5.95 Å². The Morgan fingerprint density at radius 3 is 2.61 bits per heavy atom. The van der Waals surface area contributed by atoms with Gasteiger partial charge in [-0.1, -0.05) is 0 Å². The summed E-state index contributed by atoms with van der Waals surface area (Å²) in [6.45, 7) is 2.30. The van der Waals surface area contributed by atoms with Crippen LogP contribution >= 0.6 is 31.9 Å². The van der Waals surface area contributed by atoms with Crippen molar-refractivity contribution in [3.05, 3.63) is 75.1 Å². The molecule has 1 aromatic carbocycles. The van der Waals surface area contributed by atoms with E-state index in [-0.39, 0.29) is 0 Å². The summed E-state index contributed by atoms with van der Waals surface area (Å²) in [5.74, 6) is 1.26. The molecule has 0 aliphatic rings. The van der Waals surface area contributed by atoms with Crippen LogP contribution in [0.5, 0.6) is 11.5 Å². The smallest absolute Gasteiger partial charge is 0.212 e. The minimum absolute atomic E-state index is 0.317. The first-order valence-electron chi connectivity index (χ1n) is 9.24. The Balaban J connectivity index is 1.59. The molecule has 0 saturated heterocycles. The molecule has 1 N–H and O–H groups in total. The fraction of sp³-hybridized carbons (Fsp3) is 0.136. The first kappa shape index (κ1) is 21.5. The summed E-state index contributed by atoms with van der Waals surface area (Å²) in [5, 5.41) is 0. The van der Waals surface area contributed by atoms with E-state index in [2.05, 4.69) is 51.8 Å². The molecule has 0 atom stereocenters. The largest absolute Gasteiger partial charge is 0.496 e. The summed E-state index contributed by atoms with van der Waals surface area (Å²) < 4.78 is 26.2. The topological polar surface area (TPSA) is 72.9 Å². The Kier molecular flexibility index (Phi) is 6.33. The van der Waals surface area contributed by atoms with Gasteiger partial charge in [0.05, 0.1) is 12.8 Å². The van der Waals surface area contributed by atoms with Gasteiger partial charge in [-0.25, -0.2) is 9.97 Å². The van der Waals surface area contributed by atoms with Crippen molar-refractivity contribution in [3.63, 3.8) is 0 Å². The second-order valence-corrected chi connectivity index (χ2v) is 8.36. The second kappa shape index (κ2) is 9.15. The van der Waals surface area contributed by atoms with E-state index in [0.29, 0.717) is 39.8 Å². The quantitative estimate of drug-likeness (QED) is 0.295. The van der Waals surface area contributed by atoms with Crippen molar-refractivity contribution in [3.8, 4) is 34.1 Å². The average molecular weight is 548 g/mol. The molecule has 158 valence electrons. The number of hydrogen-bond acceptors (Lipinski definition) is 5. The van der Waals surface area contributed by atoms with Gasteiger partial charge < -0.3 is 14.5 Å². The average Bonchev–Trinajstić information content (AvgIpc) is 3.14. The van der Waals surface area contributed by atoms with E-state index in [1.54, 1.807) is 25.4 Å². The summed E-state index contributed by atoms with van der Waals surface area (Å²) >= 11 is 7.02. The first-order valence-corrected chi connectivity index (χ1v) is 10.8. The summed E-state index contributed by atoms with van der Waals surface area (Å²) in [5.41, 5.74) is 3.98. The van der Waals surface area contributed by atoms with E-state index in [4.69, 9.17) is 9.47 Å². The number of benzene rings is 1. The van der Waals surface area contributed by atoms with Crippen LogP contribution in [0, 0.1) is 12.9 Å². The van der Waals surface area contributed by atoms with Gasteiger partial charge >= 0.3 is 0 Å². The molecule has 0 unspecified atom stereocenters. The van der Waals surface area contributed by atoms with E-state index in [0.717, 1.165) is 21.3 Å². The highest BCUT2D eigenvalue weighted by Crippen LogP contribution is 2.37. The van der Waals surface area contributed by atoms with E-state index >= 15 is 0 Å². The molecule has 0 spiro atoms. The number of nitrogens with zero attached hydrogens (tertiary/aromatic N) is 3. The van der Waals surface area contributed by atoms with Crippen LogP contribution < -0.4 is 9.47 Å². The predicted molar refractivity (Wildman–Crippen MR) is 122 cm³/mol.